The lowest BCUT2D eigenvalue weighted by Gasteiger charge is -2.16. The highest BCUT2D eigenvalue weighted by Gasteiger charge is 2.10. The SMILES string of the molecule is ClCc1nccc(-c2ccc3c(c2)CCCC3)n1. The van der Waals surface area contributed by atoms with E-state index in [-0.39, 0.29) is 0 Å². The van der Waals surface area contributed by atoms with E-state index in [1.54, 1.807) is 6.20 Å². The molecule has 0 N–H and O–H groups in total. The zero-order chi connectivity index (χ0) is 12.4. The molecule has 0 amide bonds. The number of benzene rings is 1. The summed E-state index contributed by atoms with van der Waals surface area (Å²) in [6.07, 6.45) is 6.80. The Morgan fingerprint density at radius 3 is 2.72 bits per heavy atom. The molecule has 0 saturated carbocycles. The van der Waals surface area contributed by atoms with Crippen LogP contribution in [0, 0.1) is 0 Å². The van der Waals surface area contributed by atoms with Crippen molar-refractivity contribution in [3.8, 4) is 11.3 Å². The number of alkyl halides is 1. The minimum Gasteiger partial charge on any atom is -0.240 e. The fraction of sp³-hybridized carbons (Fsp3) is 0.333. The summed E-state index contributed by atoms with van der Waals surface area (Å²) < 4.78 is 0. The number of halogens is 1. The highest BCUT2D eigenvalue weighted by atomic mass is 35.5. The molecule has 3 rings (SSSR count). The van der Waals surface area contributed by atoms with Crippen molar-refractivity contribution >= 4 is 11.6 Å². The lowest BCUT2D eigenvalue weighted by atomic mass is 9.90. The van der Waals surface area contributed by atoms with Crippen molar-refractivity contribution in [1.82, 2.24) is 9.97 Å². The first kappa shape index (κ1) is 11.7. The standard InChI is InChI=1S/C15H15ClN2/c16-10-15-17-8-7-14(18-15)13-6-5-11-3-1-2-4-12(11)9-13/h5-9H,1-4,10H2. The van der Waals surface area contributed by atoms with Crippen molar-refractivity contribution in [2.75, 3.05) is 0 Å². The second kappa shape index (κ2) is 5.07. The first-order valence-electron chi connectivity index (χ1n) is 6.37. The van der Waals surface area contributed by atoms with Crippen molar-refractivity contribution < 1.29 is 0 Å². The summed E-state index contributed by atoms with van der Waals surface area (Å²) >= 11 is 5.78. The Morgan fingerprint density at radius 2 is 1.89 bits per heavy atom. The number of nitrogens with zero attached hydrogens (tertiary/aromatic N) is 2. The van der Waals surface area contributed by atoms with Gasteiger partial charge >= 0.3 is 0 Å². The van der Waals surface area contributed by atoms with Crippen molar-refractivity contribution in [3.63, 3.8) is 0 Å². The van der Waals surface area contributed by atoms with Crippen LogP contribution in [0.5, 0.6) is 0 Å². The van der Waals surface area contributed by atoms with Crippen LogP contribution in [0.15, 0.2) is 30.5 Å². The van der Waals surface area contributed by atoms with E-state index in [1.165, 1.54) is 42.4 Å². The van der Waals surface area contributed by atoms with Crippen LogP contribution in [0.25, 0.3) is 11.3 Å². The molecule has 1 aliphatic rings. The van der Waals surface area contributed by atoms with E-state index in [2.05, 4.69) is 28.2 Å². The maximum Gasteiger partial charge on any atom is 0.143 e. The van der Waals surface area contributed by atoms with Gasteiger partial charge in [-0.1, -0.05) is 12.1 Å². The molecule has 0 aliphatic heterocycles. The summed E-state index contributed by atoms with van der Waals surface area (Å²) in [5.41, 5.74) is 5.11. The van der Waals surface area contributed by atoms with Crippen molar-refractivity contribution in [2.24, 2.45) is 0 Å². The highest BCUT2D eigenvalue weighted by molar-refractivity contribution is 6.16. The Hall–Kier alpha value is -1.41. The van der Waals surface area contributed by atoms with Gasteiger partial charge in [0.05, 0.1) is 11.6 Å². The van der Waals surface area contributed by atoms with Crippen LogP contribution >= 0.6 is 11.6 Å². The minimum atomic E-state index is 0.360. The number of aryl methyl sites for hydroxylation is 2. The second-order valence-electron chi connectivity index (χ2n) is 4.68. The topological polar surface area (TPSA) is 25.8 Å². The third kappa shape index (κ3) is 2.25. The Balaban J connectivity index is 2.00. The molecule has 0 radical (unpaired) electrons. The molecule has 1 aliphatic carbocycles. The number of rotatable bonds is 2. The van der Waals surface area contributed by atoms with Crippen LogP contribution < -0.4 is 0 Å². The third-order valence-corrected chi connectivity index (χ3v) is 3.71. The van der Waals surface area contributed by atoms with E-state index in [4.69, 9.17) is 11.6 Å². The average molecular weight is 259 g/mol. The highest BCUT2D eigenvalue weighted by Crippen LogP contribution is 2.26. The Kier molecular flexibility index (Phi) is 3.28. The third-order valence-electron chi connectivity index (χ3n) is 3.47. The van der Waals surface area contributed by atoms with Crippen LogP contribution in [0.4, 0.5) is 0 Å². The lowest BCUT2D eigenvalue weighted by Crippen LogP contribution is -2.02. The number of hydrogen-bond acceptors (Lipinski definition) is 2. The van der Waals surface area contributed by atoms with Gasteiger partial charge in [-0.05, 0) is 48.9 Å². The van der Waals surface area contributed by atoms with Gasteiger partial charge in [-0.2, -0.15) is 0 Å². The van der Waals surface area contributed by atoms with E-state index >= 15 is 0 Å². The monoisotopic (exact) mass is 258 g/mol. The predicted octanol–water partition coefficient (Wildman–Crippen LogP) is 3.76. The van der Waals surface area contributed by atoms with E-state index in [9.17, 15) is 0 Å². The average Bonchev–Trinajstić information content (AvgIpc) is 2.47. The molecule has 0 saturated heterocycles. The van der Waals surface area contributed by atoms with Crippen LogP contribution in [0.2, 0.25) is 0 Å². The van der Waals surface area contributed by atoms with E-state index in [0.717, 1.165) is 5.69 Å². The molecule has 0 spiro atoms. The van der Waals surface area contributed by atoms with Gasteiger partial charge in [0.15, 0.2) is 0 Å². The van der Waals surface area contributed by atoms with Crippen molar-refractivity contribution in [3.05, 3.63) is 47.4 Å². The normalized spacial score (nSPS) is 14.3. The predicted molar refractivity (Wildman–Crippen MR) is 73.7 cm³/mol. The summed E-state index contributed by atoms with van der Waals surface area (Å²) in [7, 11) is 0. The van der Waals surface area contributed by atoms with E-state index in [1.807, 2.05) is 6.07 Å². The summed E-state index contributed by atoms with van der Waals surface area (Å²) in [5.74, 6) is 1.05. The summed E-state index contributed by atoms with van der Waals surface area (Å²) in [5, 5.41) is 0. The van der Waals surface area contributed by atoms with Crippen molar-refractivity contribution in [2.45, 2.75) is 31.6 Å². The van der Waals surface area contributed by atoms with Gasteiger partial charge in [-0.3, -0.25) is 0 Å². The van der Waals surface area contributed by atoms with E-state index in [0.29, 0.717) is 11.7 Å². The van der Waals surface area contributed by atoms with Gasteiger partial charge < -0.3 is 0 Å². The molecule has 0 atom stereocenters. The van der Waals surface area contributed by atoms with Gasteiger partial charge in [0.1, 0.15) is 5.82 Å². The molecular formula is C15H15ClN2. The van der Waals surface area contributed by atoms with Gasteiger partial charge in [-0.25, -0.2) is 9.97 Å². The summed E-state index contributed by atoms with van der Waals surface area (Å²) in [4.78, 5) is 8.60. The zero-order valence-corrected chi connectivity index (χ0v) is 11.0. The second-order valence-corrected chi connectivity index (χ2v) is 4.95. The Morgan fingerprint density at radius 1 is 1.06 bits per heavy atom. The number of aromatic nitrogens is 2. The first-order chi connectivity index (χ1) is 8.86. The molecule has 18 heavy (non-hydrogen) atoms. The van der Waals surface area contributed by atoms with Crippen LogP contribution in [-0.2, 0) is 18.7 Å². The van der Waals surface area contributed by atoms with E-state index < -0.39 is 0 Å². The maximum atomic E-state index is 5.78. The Labute approximate surface area is 112 Å². The van der Waals surface area contributed by atoms with Crippen LogP contribution in [0.1, 0.15) is 29.8 Å². The van der Waals surface area contributed by atoms with Crippen LogP contribution in [-0.4, -0.2) is 9.97 Å². The molecule has 0 unspecified atom stereocenters. The zero-order valence-electron chi connectivity index (χ0n) is 10.2. The molecular weight excluding hydrogens is 244 g/mol. The molecule has 3 heteroatoms. The van der Waals surface area contributed by atoms with Crippen LogP contribution in [0.3, 0.4) is 0 Å². The summed E-state index contributed by atoms with van der Waals surface area (Å²) in [6, 6.07) is 8.62. The molecule has 0 bridgehead atoms. The molecule has 2 aromatic rings. The molecule has 92 valence electrons. The Bertz CT molecular complexity index is 566. The maximum absolute atomic E-state index is 5.78. The fourth-order valence-corrected chi connectivity index (χ4v) is 2.65. The van der Waals surface area contributed by atoms with Gasteiger partial charge in [0.2, 0.25) is 0 Å². The molecule has 2 nitrogen and oxygen atoms in total. The quantitative estimate of drug-likeness (QED) is 0.767. The smallest absolute Gasteiger partial charge is 0.143 e. The van der Waals surface area contributed by atoms with Gasteiger partial charge in [-0.15, -0.1) is 11.6 Å². The summed E-state index contributed by atoms with van der Waals surface area (Å²) in [6.45, 7) is 0. The minimum absolute atomic E-state index is 0.360. The largest absolute Gasteiger partial charge is 0.240 e. The molecule has 1 aromatic carbocycles. The number of hydrogen-bond donors (Lipinski definition) is 0. The first-order valence-corrected chi connectivity index (χ1v) is 6.90. The van der Waals surface area contributed by atoms with Crippen molar-refractivity contribution in [1.29, 1.82) is 0 Å². The molecule has 0 fully saturated rings. The fourth-order valence-electron chi connectivity index (χ4n) is 2.52. The lowest BCUT2D eigenvalue weighted by molar-refractivity contribution is 0.686. The molecule has 1 aromatic heterocycles. The number of fused-ring (bicyclic) bond motifs is 1. The van der Waals surface area contributed by atoms with Gasteiger partial charge in [0.25, 0.3) is 0 Å². The van der Waals surface area contributed by atoms with Gasteiger partial charge in [0, 0.05) is 11.8 Å². The molecule has 1 heterocycles.